The van der Waals surface area contributed by atoms with Crippen LogP contribution in [0.5, 0.6) is 28.7 Å². The van der Waals surface area contributed by atoms with Gasteiger partial charge in [0, 0.05) is 6.26 Å². The van der Waals surface area contributed by atoms with Crippen LogP contribution in [0.4, 0.5) is 0 Å². The van der Waals surface area contributed by atoms with Crippen LogP contribution in [0.25, 0.3) is 0 Å². The Morgan fingerprint density at radius 1 is 0.892 bits per heavy atom. The number of sulfone groups is 1. The van der Waals surface area contributed by atoms with Gasteiger partial charge in [-0.1, -0.05) is 18.8 Å². The summed E-state index contributed by atoms with van der Waals surface area (Å²) < 4.78 is 59.8. The first-order valence-corrected chi connectivity index (χ1v) is 13.8. The van der Waals surface area contributed by atoms with Gasteiger partial charge in [-0.25, -0.2) is 8.42 Å². The lowest BCUT2D eigenvalue weighted by molar-refractivity contribution is 0.0435. The molecule has 0 aliphatic carbocycles. The van der Waals surface area contributed by atoms with Gasteiger partial charge in [0.25, 0.3) is 0 Å². The average molecular weight is 535 g/mol. The first kappa shape index (κ1) is 28.4. The van der Waals surface area contributed by atoms with E-state index in [0.717, 1.165) is 11.8 Å². The van der Waals surface area contributed by atoms with E-state index in [4.69, 9.17) is 33.5 Å². The molecule has 10 heteroatoms. The van der Waals surface area contributed by atoms with Gasteiger partial charge in [0.1, 0.15) is 18.1 Å². The van der Waals surface area contributed by atoms with Crippen molar-refractivity contribution in [3.63, 3.8) is 0 Å². The second kappa shape index (κ2) is 12.9. The molecule has 1 fully saturated rings. The Balaban J connectivity index is 1.98. The molecule has 0 unspecified atom stereocenters. The third-order valence-corrected chi connectivity index (χ3v) is 6.95. The Morgan fingerprint density at radius 2 is 1.49 bits per heavy atom. The monoisotopic (exact) mass is 534 g/mol. The maximum absolute atomic E-state index is 12.7. The largest absolute Gasteiger partial charge is 0.493 e. The molecule has 1 saturated heterocycles. The summed E-state index contributed by atoms with van der Waals surface area (Å²) in [6, 6.07) is 7.04. The predicted molar refractivity (Wildman–Crippen MR) is 138 cm³/mol. The summed E-state index contributed by atoms with van der Waals surface area (Å²) in [6.45, 7) is 1.92. The van der Waals surface area contributed by atoms with Crippen LogP contribution in [-0.2, 0) is 14.6 Å². The molecule has 0 spiro atoms. The van der Waals surface area contributed by atoms with Crippen molar-refractivity contribution in [2.75, 3.05) is 47.4 Å². The lowest BCUT2D eigenvalue weighted by Crippen LogP contribution is -2.09. The first-order chi connectivity index (χ1) is 17.8. The van der Waals surface area contributed by atoms with Crippen molar-refractivity contribution < 1.29 is 41.9 Å². The summed E-state index contributed by atoms with van der Waals surface area (Å²) in [5.74, 6) is 7.16. The van der Waals surface area contributed by atoms with Gasteiger partial charge < -0.3 is 33.5 Å². The third-order valence-electron chi connectivity index (χ3n) is 5.85. The van der Waals surface area contributed by atoms with E-state index in [9.17, 15) is 8.42 Å². The summed E-state index contributed by atoms with van der Waals surface area (Å²) in [5, 5.41) is 8.91. The topological polar surface area (TPSA) is 110 Å². The van der Waals surface area contributed by atoms with E-state index in [2.05, 4.69) is 11.8 Å². The molecule has 2 aromatic rings. The van der Waals surface area contributed by atoms with E-state index < -0.39 is 9.84 Å². The third kappa shape index (κ3) is 6.80. The number of benzene rings is 2. The van der Waals surface area contributed by atoms with Crippen LogP contribution < -0.4 is 23.7 Å². The van der Waals surface area contributed by atoms with Gasteiger partial charge >= 0.3 is 0 Å². The Kier molecular flexibility index (Phi) is 9.92. The molecule has 0 radical (unpaired) electrons. The van der Waals surface area contributed by atoms with Crippen molar-refractivity contribution in [1.29, 1.82) is 0 Å². The maximum atomic E-state index is 12.7. The number of hydrogen-bond acceptors (Lipinski definition) is 9. The Morgan fingerprint density at radius 3 is 2.00 bits per heavy atom. The van der Waals surface area contributed by atoms with E-state index in [-0.39, 0.29) is 41.8 Å². The number of ether oxygens (including phenoxy) is 6. The zero-order valence-electron chi connectivity index (χ0n) is 21.8. The van der Waals surface area contributed by atoms with E-state index in [0.29, 0.717) is 48.7 Å². The summed E-state index contributed by atoms with van der Waals surface area (Å²) in [7, 11) is 1.01. The van der Waals surface area contributed by atoms with E-state index in [1.165, 1.54) is 0 Å². The molecule has 202 valence electrons. The first-order valence-electron chi connectivity index (χ1n) is 11.9. The molecule has 9 nitrogen and oxygen atoms in total. The van der Waals surface area contributed by atoms with Crippen molar-refractivity contribution >= 4 is 9.84 Å². The fourth-order valence-electron chi connectivity index (χ4n) is 4.15. The molecule has 0 bridgehead atoms. The summed E-state index contributed by atoms with van der Waals surface area (Å²) in [5.41, 5.74) is 1.52. The van der Waals surface area contributed by atoms with E-state index >= 15 is 0 Å². The number of aliphatic hydroxyl groups is 1. The highest BCUT2D eigenvalue weighted by atomic mass is 32.2. The second-order valence-corrected chi connectivity index (χ2v) is 10.4. The summed E-state index contributed by atoms with van der Waals surface area (Å²) >= 11 is 0. The van der Waals surface area contributed by atoms with Gasteiger partial charge in [-0.05, 0) is 54.7 Å². The molecule has 0 saturated carbocycles. The van der Waals surface area contributed by atoms with E-state index in [1.54, 1.807) is 33.5 Å². The van der Waals surface area contributed by atoms with Crippen molar-refractivity contribution in [1.82, 2.24) is 0 Å². The summed E-state index contributed by atoms with van der Waals surface area (Å²) in [4.78, 5) is 0.0309. The Hall–Kier alpha value is -3.13. The van der Waals surface area contributed by atoms with Gasteiger partial charge in [-0.3, -0.25) is 0 Å². The fraction of sp³-hybridized carbons (Fsp3) is 0.481. The minimum atomic E-state index is -3.65. The average Bonchev–Trinajstić information content (AvgIpc) is 3.38. The smallest absolute Gasteiger partial charge is 0.203 e. The molecular weight excluding hydrogens is 500 g/mol. The van der Waals surface area contributed by atoms with Crippen LogP contribution in [0.1, 0.15) is 49.5 Å². The molecule has 0 aromatic heterocycles. The molecule has 0 amide bonds. The lowest BCUT2D eigenvalue weighted by Gasteiger charge is -2.20. The zero-order chi connectivity index (χ0) is 27.0. The van der Waals surface area contributed by atoms with Gasteiger partial charge in [-0.15, -0.1) is 0 Å². The van der Waals surface area contributed by atoms with Crippen molar-refractivity contribution in [2.24, 2.45) is 0 Å². The maximum Gasteiger partial charge on any atom is 0.203 e. The zero-order valence-corrected chi connectivity index (χ0v) is 22.6. The molecule has 1 heterocycles. The molecule has 2 aromatic carbocycles. The minimum Gasteiger partial charge on any atom is -0.493 e. The highest BCUT2D eigenvalue weighted by molar-refractivity contribution is 7.90. The Labute approximate surface area is 218 Å². The number of aliphatic hydroxyl groups excluding tert-OH is 1. The fourth-order valence-corrected chi connectivity index (χ4v) is 4.99. The predicted octanol–water partition coefficient (Wildman–Crippen LogP) is 3.87. The normalized spacial score (nSPS) is 17.0. The Bertz CT molecular complexity index is 1220. The molecule has 1 aliphatic heterocycles. The van der Waals surface area contributed by atoms with Crippen molar-refractivity contribution in [3.8, 4) is 40.6 Å². The van der Waals surface area contributed by atoms with Gasteiger partial charge in [-0.2, -0.15) is 0 Å². The van der Waals surface area contributed by atoms with Crippen molar-refractivity contribution in [3.05, 3.63) is 35.4 Å². The number of methoxy groups -OCH3 is 3. The second-order valence-electron chi connectivity index (χ2n) is 8.42. The standard InChI is InChI=1S/C27H34O9S/c1-6-12-35-27-24(34-13-8-7-11-28)16-19(17-25(27)37(5,29)30)21-10-9-20(36-21)18-14-22(31-2)26(33-4)23(15-18)32-3/h14-17,20-21,28H,6,9-13H2,1-5H3/t20-,21-/m0/s1. The molecular formula is C27H34O9S. The van der Waals surface area contributed by atoms with Gasteiger partial charge in [0.2, 0.25) is 5.75 Å². The minimum absolute atomic E-state index is 0.0309. The molecule has 2 atom stereocenters. The van der Waals surface area contributed by atoms with Crippen LogP contribution in [0.2, 0.25) is 0 Å². The number of rotatable bonds is 11. The van der Waals surface area contributed by atoms with Crippen LogP contribution >= 0.6 is 0 Å². The highest BCUT2D eigenvalue weighted by Gasteiger charge is 2.32. The highest BCUT2D eigenvalue weighted by Crippen LogP contribution is 2.47. The lowest BCUT2D eigenvalue weighted by atomic mass is 10.0. The van der Waals surface area contributed by atoms with Crippen LogP contribution in [0, 0.1) is 11.8 Å². The van der Waals surface area contributed by atoms with Crippen molar-refractivity contribution in [2.45, 2.75) is 43.3 Å². The van der Waals surface area contributed by atoms with Gasteiger partial charge in [0.15, 0.2) is 32.8 Å². The van der Waals surface area contributed by atoms with Crippen LogP contribution in [-0.4, -0.2) is 60.9 Å². The SMILES string of the molecule is CCCOc1c(OCC#CCO)cc([C@@H]2CC[C@@H](c3cc(OC)c(OC)c(OC)c3)O2)cc1S(C)(=O)=O. The van der Waals surface area contributed by atoms with Crippen LogP contribution in [0.3, 0.4) is 0 Å². The van der Waals surface area contributed by atoms with E-state index in [1.807, 2.05) is 19.1 Å². The van der Waals surface area contributed by atoms with Crippen LogP contribution in [0.15, 0.2) is 29.2 Å². The number of hydrogen-bond donors (Lipinski definition) is 1. The molecule has 3 rings (SSSR count). The summed E-state index contributed by atoms with van der Waals surface area (Å²) in [6.07, 6.45) is 2.53. The molecule has 1 aliphatic rings. The molecule has 1 N–H and O–H groups in total. The van der Waals surface area contributed by atoms with Gasteiger partial charge in [0.05, 0.1) is 40.1 Å². The molecule has 37 heavy (non-hydrogen) atoms. The quantitative estimate of drug-likeness (QED) is 0.430.